The quantitative estimate of drug-likeness (QED) is 0.920. The lowest BCUT2D eigenvalue weighted by Gasteiger charge is -2.17. The summed E-state index contributed by atoms with van der Waals surface area (Å²) >= 11 is 6.03. The van der Waals surface area contributed by atoms with Gasteiger partial charge in [-0.05, 0) is 36.6 Å². The third-order valence-electron chi connectivity index (χ3n) is 3.30. The Labute approximate surface area is 123 Å². The number of aryl methyl sites for hydroxylation is 2. The Morgan fingerprint density at radius 3 is 2.85 bits per heavy atom. The second kappa shape index (κ2) is 6.29. The van der Waals surface area contributed by atoms with Crippen LogP contribution < -0.4 is 4.74 Å². The first kappa shape index (κ1) is 14.9. The van der Waals surface area contributed by atoms with Crippen LogP contribution in [0.25, 0.3) is 0 Å². The zero-order valence-corrected chi connectivity index (χ0v) is 12.7. The summed E-state index contributed by atoms with van der Waals surface area (Å²) in [7, 11) is 1.58. The molecule has 108 valence electrons. The minimum Gasteiger partial charge on any atom is -0.493 e. The first-order chi connectivity index (χ1) is 9.58. The lowest BCUT2D eigenvalue weighted by atomic mass is 10.0. The Morgan fingerprint density at radius 2 is 2.20 bits per heavy atom. The summed E-state index contributed by atoms with van der Waals surface area (Å²) in [4.78, 5) is 0. The normalized spacial score (nSPS) is 12.4. The van der Waals surface area contributed by atoms with Gasteiger partial charge in [-0.15, -0.1) is 0 Å². The maximum absolute atomic E-state index is 10.7. The molecule has 0 aliphatic carbocycles. The van der Waals surface area contributed by atoms with E-state index in [9.17, 15) is 5.11 Å². The van der Waals surface area contributed by atoms with E-state index in [0.29, 0.717) is 16.5 Å². The SMILES string of the molecule is CCCn1ncc(OC)c1C(O)c1cc(Cl)ccc1C. The standard InChI is InChI=1S/C15H19ClN2O2/c1-4-7-18-14(13(20-3)9-17-18)15(19)12-8-11(16)6-5-10(12)2/h5-6,8-9,15,19H,4,7H2,1-3H3. The molecule has 2 rings (SSSR count). The Balaban J connectivity index is 2.48. The molecule has 0 spiro atoms. The molecule has 0 saturated heterocycles. The highest BCUT2D eigenvalue weighted by atomic mass is 35.5. The van der Waals surface area contributed by atoms with Gasteiger partial charge in [0.1, 0.15) is 11.8 Å². The van der Waals surface area contributed by atoms with Crippen molar-refractivity contribution in [3.63, 3.8) is 0 Å². The average molecular weight is 295 g/mol. The number of halogens is 1. The number of ether oxygens (including phenoxy) is 1. The maximum Gasteiger partial charge on any atom is 0.163 e. The van der Waals surface area contributed by atoms with E-state index in [4.69, 9.17) is 16.3 Å². The van der Waals surface area contributed by atoms with Crippen molar-refractivity contribution in [2.24, 2.45) is 0 Å². The summed E-state index contributed by atoms with van der Waals surface area (Å²) in [5.74, 6) is 0.588. The van der Waals surface area contributed by atoms with Gasteiger partial charge in [-0.25, -0.2) is 0 Å². The fourth-order valence-corrected chi connectivity index (χ4v) is 2.43. The number of benzene rings is 1. The van der Waals surface area contributed by atoms with E-state index >= 15 is 0 Å². The van der Waals surface area contributed by atoms with Gasteiger partial charge in [0, 0.05) is 11.6 Å². The number of rotatable bonds is 5. The molecule has 0 radical (unpaired) electrons. The van der Waals surface area contributed by atoms with Crippen molar-refractivity contribution in [2.75, 3.05) is 7.11 Å². The Morgan fingerprint density at radius 1 is 1.45 bits per heavy atom. The molecule has 4 nitrogen and oxygen atoms in total. The number of aromatic nitrogens is 2. The summed E-state index contributed by atoms with van der Waals surface area (Å²) < 4.78 is 7.09. The van der Waals surface area contributed by atoms with Gasteiger partial charge in [0.2, 0.25) is 0 Å². The van der Waals surface area contributed by atoms with Gasteiger partial charge in [-0.3, -0.25) is 4.68 Å². The van der Waals surface area contributed by atoms with Gasteiger partial charge < -0.3 is 9.84 Å². The van der Waals surface area contributed by atoms with E-state index in [1.165, 1.54) is 0 Å². The molecule has 1 atom stereocenters. The number of aliphatic hydroxyl groups is 1. The third-order valence-corrected chi connectivity index (χ3v) is 3.53. The first-order valence-electron chi connectivity index (χ1n) is 6.62. The van der Waals surface area contributed by atoms with Crippen LogP contribution in [-0.4, -0.2) is 22.0 Å². The van der Waals surface area contributed by atoms with Crippen molar-refractivity contribution in [2.45, 2.75) is 32.9 Å². The highest BCUT2D eigenvalue weighted by Crippen LogP contribution is 2.32. The minimum absolute atomic E-state index is 0.588. The van der Waals surface area contributed by atoms with Crippen molar-refractivity contribution in [1.82, 2.24) is 9.78 Å². The fourth-order valence-electron chi connectivity index (χ4n) is 2.25. The lowest BCUT2D eigenvalue weighted by Crippen LogP contribution is -2.12. The molecule has 0 amide bonds. The number of nitrogens with zero attached hydrogens (tertiary/aromatic N) is 2. The average Bonchev–Trinajstić information content (AvgIpc) is 2.84. The zero-order chi connectivity index (χ0) is 14.7. The smallest absolute Gasteiger partial charge is 0.163 e. The number of aliphatic hydroxyl groups excluding tert-OH is 1. The van der Waals surface area contributed by atoms with Gasteiger partial charge in [-0.1, -0.05) is 24.6 Å². The Kier molecular flexibility index (Phi) is 4.68. The zero-order valence-electron chi connectivity index (χ0n) is 11.9. The van der Waals surface area contributed by atoms with Gasteiger partial charge in [0.25, 0.3) is 0 Å². The van der Waals surface area contributed by atoms with Crippen LogP contribution in [0.15, 0.2) is 24.4 Å². The van der Waals surface area contributed by atoms with Gasteiger partial charge >= 0.3 is 0 Å². The molecule has 0 aliphatic rings. The predicted molar refractivity (Wildman–Crippen MR) is 79.3 cm³/mol. The van der Waals surface area contributed by atoms with Crippen LogP contribution in [0.4, 0.5) is 0 Å². The van der Waals surface area contributed by atoms with Crippen molar-refractivity contribution in [3.8, 4) is 5.75 Å². The molecule has 0 aliphatic heterocycles. The van der Waals surface area contributed by atoms with Crippen LogP contribution in [0, 0.1) is 6.92 Å². The summed E-state index contributed by atoms with van der Waals surface area (Å²) in [6.07, 6.45) is 1.75. The van der Waals surface area contributed by atoms with Crippen molar-refractivity contribution < 1.29 is 9.84 Å². The van der Waals surface area contributed by atoms with Gasteiger partial charge in [0.05, 0.1) is 13.3 Å². The topological polar surface area (TPSA) is 47.3 Å². The highest BCUT2D eigenvalue weighted by Gasteiger charge is 2.22. The summed E-state index contributed by atoms with van der Waals surface area (Å²) in [6.45, 7) is 4.74. The van der Waals surface area contributed by atoms with E-state index < -0.39 is 6.10 Å². The summed E-state index contributed by atoms with van der Waals surface area (Å²) in [6, 6.07) is 5.49. The van der Waals surface area contributed by atoms with Crippen molar-refractivity contribution >= 4 is 11.6 Å². The van der Waals surface area contributed by atoms with Crippen LogP contribution in [0.1, 0.15) is 36.3 Å². The molecule has 1 heterocycles. The molecule has 1 unspecified atom stereocenters. The van der Waals surface area contributed by atoms with Gasteiger partial charge in [0.15, 0.2) is 5.75 Å². The van der Waals surface area contributed by atoms with Crippen LogP contribution in [0.3, 0.4) is 0 Å². The van der Waals surface area contributed by atoms with E-state index in [2.05, 4.69) is 12.0 Å². The second-order valence-electron chi connectivity index (χ2n) is 4.72. The van der Waals surface area contributed by atoms with E-state index in [-0.39, 0.29) is 0 Å². The Bertz CT molecular complexity index is 596. The van der Waals surface area contributed by atoms with E-state index in [0.717, 1.165) is 24.1 Å². The fraction of sp³-hybridized carbons (Fsp3) is 0.400. The number of hydrogen-bond donors (Lipinski definition) is 1. The van der Waals surface area contributed by atoms with Crippen molar-refractivity contribution in [1.29, 1.82) is 0 Å². The van der Waals surface area contributed by atoms with Crippen LogP contribution in [0.2, 0.25) is 5.02 Å². The number of hydrogen-bond acceptors (Lipinski definition) is 3. The predicted octanol–water partition coefficient (Wildman–Crippen LogP) is 3.35. The van der Waals surface area contributed by atoms with E-state index in [1.807, 2.05) is 19.1 Å². The molecule has 1 aromatic heterocycles. The molecule has 0 fully saturated rings. The van der Waals surface area contributed by atoms with Crippen LogP contribution in [0.5, 0.6) is 5.75 Å². The molecule has 1 aromatic carbocycles. The monoisotopic (exact) mass is 294 g/mol. The highest BCUT2D eigenvalue weighted by molar-refractivity contribution is 6.30. The van der Waals surface area contributed by atoms with Crippen molar-refractivity contribution in [3.05, 3.63) is 46.2 Å². The molecule has 1 N–H and O–H groups in total. The molecule has 0 saturated carbocycles. The van der Waals surface area contributed by atoms with E-state index in [1.54, 1.807) is 24.1 Å². The lowest BCUT2D eigenvalue weighted by molar-refractivity contribution is 0.201. The molecule has 0 bridgehead atoms. The molecular formula is C15H19ClN2O2. The minimum atomic E-state index is -0.808. The van der Waals surface area contributed by atoms with Crippen LogP contribution >= 0.6 is 11.6 Å². The molecule has 2 aromatic rings. The second-order valence-corrected chi connectivity index (χ2v) is 5.16. The van der Waals surface area contributed by atoms with Crippen LogP contribution in [-0.2, 0) is 6.54 Å². The van der Waals surface area contributed by atoms with Gasteiger partial charge in [-0.2, -0.15) is 5.10 Å². The largest absolute Gasteiger partial charge is 0.493 e. The maximum atomic E-state index is 10.7. The molecular weight excluding hydrogens is 276 g/mol. The Hall–Kier alpha value is -1.52. The summed E-state index contributed by atoms with van der Waals surface area (Å²) in [5.41, 5.74) is 2.42. The number of methoxy groups -OCH3 is 1. The first-order valence-corrected chi connectivity index (χ1v) is 7.00. The molecule has 20 heavy (non-hydrogen) atoms. The molecule has 5 heteroatoms. The summed E-state index contributed by atoms with van der Waals surface area (Å²) in [5, 5.41) is 15.6. The third kappa shape index (κ3) is 2.81.